The highest BCUT2D eigenvalue weighted by molar-refractivity contribution is 5.37. The Bertz CT molecular complexity index is 413. The van der Waals surface area contributed by atoms with Crippen LogP contribution in [0.5, 0.6) is 0 Å². The Balaban J connectivity index is 1.98. The van der Waals surface area contributed by atoms with Gasteiger partial charge in [-0.25, -0.2) is 4.98 Å². The summed E-state index contributed by atoms with van der Waals surface area (Å²) < 4.78 is 0. The van der Waals surface area contributed by atoms with Gasteiger partial charge in [-0.2, -0.15) is 0 Å². The van der Waals surface area contributed by atoms with Crippen LogP contribution in [0.4, 0.5) is 5.82 Å². The highest BCUT2D eigenvalue weighted by atomic mass is 15.2. The number of nitrogens with one attached hydrogen (secondary N) is 1. The molecule has 2 rings (SSSR count). The van der Waals surface area contributed by atoms with E-state index < -0.39 is 0 Å². The highest BCUT2D eigenvalue weighted by Gasteiger charge is 2.26. The molecule has 1 heterocycles. The van der Waals surface area contributed by atoms with Crippen LogP contribution in [-0.2, 0) is 6.54 Å². The fraction of sp³-hybridized carbons (Fsp3) is 0.750. The van der Waals surface area contributed by atoms with E-state index in [-0.39, 0.29) is 0 Å². The molecule has 112 valence electrons. The minimum absolute atomic E-state index is 0.476. The van der Waals surface area contributed by atoms with Crippen molar-refractivity contribution in [3.63, 3.8) is 0 Å². The fourth-order valence-electron chi connectivity index (χ4n) is 2.25. The van der Waals surface area contributed by atoms with Gasteiger partial charge >= 0.3 is 0 Å². The summed E-state index contributed by atoms with van der Waals surface area (Å²) in [5.74, 6) is 2.55. The van der Waals surface area contributed by atoms with Crippen LogP contribution < -0.4 is 10.2 Å². The van der Waals surface area contributed by atoms with Gasteiger partial charge in [-0.1, -0.05) is 13.8 Å². The minimum Gasteiger partial charge on any atom is -0.353 e. The van der Waals surface area contributed by atoms with Crippen molar-refractivity contribution in [1.82, 2.24) is 15.3 Å². The molecule has 20 heavy (non-hydrogen) atoms. The molecule has 0 amide bonds. The maximum Gasteiger partial charge on any atom is 0.147 e. The molecule has 1 N–H and O–H groups in total. The molecule has 0 bridgehead atoms. The molecule has 0 unspecified atom stereocenters. The van der Waals surface area contributed by atoms with E-state index in [1.165, 1.54) is 12.8 Å². The molecule has 0 radical (unpaired) electrons. The van der Waals surface area contributed by atoms with Gasteiger partial charge in [0.15, 0.2) is 0 Å². The van der Waals surface area contributed by atoms with Gasteiger partial charge in [0, 0.05) is 25.3 Å². The van der Waals surface area contributed by atoms with Gasteiger partial charge in [-0.15, -0.1) is 0 Å². The van der Waals surface area contributed by atoms with Crippen molar-refractivity contribution in [2.45, 2.75) is 53.1 Å². The Morgan fingerprint density at radius 3 is 2.60 bits per heavy atom. The van der Waals surface area contributed by atoms with E-state index in [1.54, 1.807) is 0 Å². The first kappa shape index (κ1) is 15.2. The highest BCUT2D eigenvalue weighted by Crippen LogP contribution is 2.31. The van der Waals surface area contributed by atoms with Crippen molar-refractivity contribution in [1.29, 1.82) is 0 Å². The van der Waals surface area contributed by atoms with Crippen molar-refractivity contribution in [2.24, 2.45) is 11.8 Å². The zero-order valence-corrected chi connectivity index (χ0v) is 13.3. The Labute approximate surface area is 123 Å². The molecule has 1 aromatic heterocycles. The summed E-state index contributed by atoms with van der Waals surface area (Å²) in [5.41, 5.74) is 1.03. The average molecular weight is 276 g/mol. The van der Waals surface area contributed by atoms with Crippen molar-refractivity contribution in [3.8, 4) is 0 Å². The Hall–Kier alpha value is -1.16. The van der Waals surface area contributed by atoms with E-state index in [2.05, 4.69) is 42.9 Å². The lowest BCUT2D eigenvalue weighted by molar-refractivity contribution is 0.546. The normalized spacial score (nSPS) is 15.1. The molecule has 0 atom stereocenters. The molecule has 0 spiro atoms. The predicted octanol–water partition coefficient (Wildman–Crippen LogP) is 2.85. The van der Waals surface area contributed by atoms with Crippen LogP contribution >= 0.6 is 0 Å². The third kappa shape index (κ3) is 4.75. The van der Waals surface area contributed by atoms with Gasteiger partial charge < -0.3 is 10.2 Å². The van der Waals surface area contributed by atoms with Gasteiger partial charge in [0.2, 0.25) is 0 Å². The quantitative estimate of drug-likeness (QED) is 0.792. The number of aromatic nitrogens is 2. The molecular formula is C16H28N4. The number of hydrogen-bond donors (Lipinski definition) is 1. The average Bonchev–Trinajstić information content (AvgIpc) is 3.19. The molecule has 4 nitrogen and oxygen atoms in total. The van der Waals surface area contributed by atoms with Gasteiger partial charge in [0.1, 0.15) is 5.82 Å². The van der Waals surface area contributed by atoms with Crippen LogP contribution in [0.1, 0.15) is 46.2 Å². The lowest BCUT2D eigenvalue weighted by Crippen LogP contribution is -2.34. The third-order valence-corrected chi connectivity index (χ3v) is 3.60. The number of anilines is 1. The summed E-state index contributed by atoms with van der Waals surface area (Å²) in [6.45, 7) is 11.8. The van der Waals surface area contributed by atoms with Crippen LogP contribution in [0, 0.1) is 11.8 Å². The van der Waals surface area contributed by atoms with Crippen molar-refractivity contribution < 1.29 is 0 Å². The molecule has 0 aromatic carbocycles. The van der Waals surface area contributed by atoms with Crippen LogP contribution in [0.15, 0.2) is 12.4 Å². The van der Waals surface area contributed by atoms with Gasteiger partial charge in [-0.3, -0.25) is 4.98 Å². The molecule has 4 heteroatoms. The van der Waals surface area contributed by atoms with E-state index in [0.29, 0.717) is 12.0 Å². The van der Waals surface area contributed by atoms with Crippen molar-refractivity contribution in [3.05, 3.63) is 18.1 Å². The first-order chi connectivity index (χ1) is 9.56. The lowest BCUT2D eigenvalue weighted by atomic mass is 10.2. The zero-order valence-electron chi connectivity index (χ0n) is 13.3. The van der Waals surface area contributed by atoms with Crippen molar-refractivity contribution >= 4 is 5.82 Å². The van der Waals surface area contributed by atoms with Gasteiger partial charge in [0.05, 0.1) is 11.9 Å². The van der Waals surface area contributed by atoms with Crippen LogP contribution in [0.2, 0.25) is 0 Å². The SMILES string of the molecule is CC(C)CNCc1cncc(N(CC2CC2)C(C)C)n1. The molecule has 1 fully saturated rings. The summed E-state index contributed by atoms with van der Waals surface area (Å²) in [6.07, 6.45) is 6.50. The maximum atomic E-state index is 4.77. The molecule has 0 aliphatic heterocycles. The smallest absolute Gasteiger partial charge is 0.147 e. The number of hydrogen-bond acceptors (Lipinski definition) is 4. The van der Waals surface area contributed by atoms with E-state index in [9.17, 15) is 0 Å². The summed E-state index contributed by atoms with van der Waals surface area (Å²) in [5, 5.41) is 3.43. The van der Waals surface area contributed by atoms with Crippen LogP contribution in [0.25, 0.3) is 0 Å². The topological polar surface area (TPSA) is 41.1 Å². The second-order valence-corrected chi connectivity index (χ2v) is 6.58. The summed E-state index contributed by atoms with van der Waals surface area (Å²) in [7, 11) is 0. The minimum atomic E-state index is 0.476. The zero-order chi connectivity index (χ0) is 14.5. The molecule has 1 aromatic rings. The third-order valence-electron chi connectivity index (χ3n) is 3.60. The van der Waals surface area contributed by atoms with Crippen LogP contribution in [0.3, 0.4) is 0 Å². The second kappa shape index (κ2) is 7.02. The summed E-state index contributed by atoms with van der Waals surface area (Å²) in [6, 6.07) is 0.476. The van der Waals surface area contributed by atoms with E-state index in [1.807, 2.05) is 12.4 Å². The van der Waals surface area contributed by atoms with E-state index in [0.717, 1.165) is 37.1 Å². The largest absolute Gasteiger partial charge is 0.353 e. The first-order valence-corrected chi connectivity index (χ1v) is 7.84. The predicted molar refractivity (Wildman–Crippen MR) is 83.8 cm³/mol. The van der Waals surface area contributed by atoms with E-state index in [4.69, 9.17) is 4.98 Å². The molecule has 1 aliphatic carbocycles. The molecule has 1 aliphatic rings. The number of rotatable bonds is 8. The standard InChI is InChI=1S/C16H28N4/c1-12(2)7-17-8-15-9-18-10-16(19-15)20(13(3)4)11-14-5-6-14/h9-10,12-14,17H,5-8,11H2,1-4H3. The molecular weight excluding hydrogens is 248 g/mol. The lowest BCUT2D eigenvalue weighted by Gasteiger charge is -2.27. The Kier molecular flexibility index (Phi) is 5.35. The Morgan fingerprint density at radius 2 is 2.00 bits per heavy atom. The fourth-order valence-corrected chi connectivity index (χ4v) is 2.25. The number of nitrogens with zero attached hydrogens (tertiary/aromatic N) is 3. The Morgan fingerprint density at radius 1 is 1.25 bits per heavy atom. The summed E-state index contributed by atoms with van der Waals surface area (Å²) in [4.78, 5) is 11.5. The maximum absolute atomic E-state index is 4.77. The van der Waals surface area contributed by atoms with Gasteiger partial charge in [0.25, 0.3) is 0 Å². The van der Waals surface area contributed by atoms with Crippen LogP contribution in [-0.4, -0.2) is 29.1 Å². The summed E-state index contributed by atoms with van der Waals surface area (Å²) >= 11 is 0. The van der Waals surface area contributed by atoms with Crippen molar-refractivity contribution in [2.75, 3.05) is 18.0 Å². The molecule has 1 saturated carbocycles. The van der Waals surface area contributed by atoms with E-state index >= 15 is 0 Å². The van der Waals surface area contributed by atoms with Gasteiger partial charge in [-0.05, 0) is 45.1 Å². The first-order valence-electron chi connectivity index (χ1n) is 7.84. The monoisotopic (exact) mass is 276 g/mol. The second-order valence-electron chi connectivity index (χ2n) is 6.58. The molecule has 0 saturated heterocycles.